The van der Waals surface area contributed by atoms with Crippen molar-refractivity contribution >= 4 is 33.1 Å². The summed E-state index contributed by atoms with van der Waals surface area (Å²) < 4.78 is 25.0. The Morgan fingerprint density at radius 3 is 2.61 bits per heavy atom. The lowest BCUT2D eigenvalue weighted by atomic mass is 9.66. The molecule has 4 rings (SSSR count). The van der Waals surface area contributed by atoms with Crippen molar-refractivity contribution in [3.8, 4) is 0 Å². The number of piperidine rings is 1. The van der Waals surface area contributed by atoms with Gasteiger partial charge in [-0.05, 0) is 32.1 Å². The van der Waals surface area contributed by atoms with Crippen LogP contribution in [0, 0.1) is 0 Å². The van der Waals surface area contributed by atoms with Crippen molar-refractivity contribution in [2.24, 2.45) is 0 Å². The Balaban J connectivity index is 0.000000178. The third-order valence-electron chi connectivity index (χ3n) is 5.66. The maximum atomic E-state index is 10.9. The van der Waals surface area contributed by atoms with Gasteiger partial charge in [0.15, 0.2) is 5.15 Å². The summed E-state index contributed by atoms with van der Waals surface area (Å²) in [6, 6.07) is 0. The average Bonchev–Trinajstić information content (AvgIpc) is 2.91. The number of sulfonamides is 1. The lowest BCUT2D eigenvalue weighted by Crippen LogP contribution is -2.41. The summed E-state index contributed by atoms with van der Waals surface area (Å²) in [5.41, 5.74) is 6.49. The molecule has 2 fully saturated rings. The van der Waals surface area contributed by atoms with Crippen LogP contribution in [0.1, 0.15) is 51.3 Å². The van der Waals surface area contributed by atoms with E-state index < -0.39 is 16.1 Å². The predicted octanol–water partition coefficient (Wildman–Crippen LogP) is 1.59. The molecule has 0 aromatic carbocycles. The molecular formula is C17H27ClN6O3S. The molecule has 0 amide bonds. The number of aromatic nitrogens is 4. The minimum atomic E-state index is -3.09. The highest BCUT2D eigenvalue weighted by atomic mass is 35.5. The highest BCUT2D eigenvalue weighted by molar-refractivity contribution is 7.88. The number of hydrogen-bond donors (Lipinski definition) is 2. The number of hydrogen-bond acceptors (Lipinski definition) is 7. The summed E-state index contributed by atoms with van der Waals surface area (Å²) in [6.45, 7) is 2.99. The number of nitrogens with zero attached hydrogens (tertiary/aromatic N) is 5. The summed E-state index contributed by atoms with van der Waals surface area (Å²) in [7, 11) is -3.09. The Bertz CT molecular complexity index is 938. The standard InChI is InChI=1S/C11H14ClN5.C6H13NO3S/c1-2-11(4-3-5-11)9-15-8(12)7-6-14-10(13)16-17(7)9;1-11(9,10)7-4-2-3-6(8)5-7/h6H,2-5H2,1H3,(H2,13,16);6,8H,2-5H2,1H3. The lowest BCUT2D eigenvalue weighted by Gasteiger charge is -2.39. The Hall–Kier alpha value is -1.49. The zero-order chi connectivity index (χ0) is 20.5. The highest BCUT2D eigenvalue weighted by Crippen LogP contribution is 2.46. The lowest BCUT2D eigenvalue weighted by molar-refractivity contribution is 0.108. The van der Waals surface area contributed by atoms with E-state index in [1.165, 1.54) is 17.0 Å². The molecule has 0 bridgehead atoms. The molecule has 2 aromatic heterocycles. The molecule has 156 valence electrons. The Kier molecular flexibility index (Phi) is 6.14. The third kappa shape index (κ3) is 4.24. The average molecular weight is 431 g/mol. The number of rotatable bonds is 3. The molecule has 3 heterocycles. The normalized spacial score (nSPS) is 22.4. The van der Waals surface area contributed by atoms with Crippen molar-refractivity contribution in [3.05, 3.63) is 17.2 Å². The van der Waals surface area contributed by atoms with E-state index in [1.54, 1.807) is 10.7 Å². The van der Waals surface area contributed by atoms with Crippen molar-refractivity contribution in [1.82, 2.24) is 23.9 Å². The predicted molar refractivity (Wildman–Crippen MR) is 108 cm³/mol. The van der Waals surface area contributed by atoms with E-state index in [9.17, 15) is 8.42 Å². The van der Waals surface area contributed by atoms with Crippen LogP contribution in [0.15, 0.2) is 6.20 Å². The minimum Gasteiger partial charge on any atom is -0.392 e. The molecule has 1 saturated heterocycles. The fourth-order valence-corrected chi connectivity index (χ4v) is 4.88. The van der Waals surface area contributed by atoms with E-state index in [-0.39, 0.29) is 17.9 Å². The van der Waals surface area contributed by atoms with Crippen LogP contribution in [0.4, 0.5) is 5.95 Å². The number of fused-ring (bicyclic) bond motifs is 1. The maximum absolute atomic E-state index is 10.9. The van der Waals surface area contributed by atoms with Gasteiger partial charge in [0.05, 0.1) is 18.6 Å². The second-order valence-corrected chi connectivity index (χ2v) is 9.88. The minimum absolute atomic E-state index is 0.122. The van der Waals surface area contributed by atoms with Gasteiger partial charge in [0.2, 0.25) is 16.0 Å². The van der Waals surface area contributed by atoms with Crippen LogP contribution in [-0.2, 0) is 15.4 Å². The first-order valence-corrected chi connectivity index (χ1v) is 11.7. The van der Waals surface area contributed by atoms with Crippen LogP contribution >= 0.6 is 11.6 Å². The molecule has 28 heavy (non-hydrogen) atoms. The van der Waals surface area contributed by atoms with Crippen LogP contribution in [0.5, 0.6) is 0 Å². The molecule has 1 unspecified atom stereocenters. The second-order valence-electron chi connectivity index (χ2n) is 7.54. The fourth-order valence-electron chi connectivity index (χ4n) is 3.77. The van der Waals surface area contributed by atoms with Crippen molar-refractivity contribution in [2.45, 2.75) is 57.0 Å². The van der Waals surface area contributed by atoms with Crippen LogP contribution in [0.2, 0.25) is 5.15 Å². The van der Waals surface area contributed by atoms with Crippen molar-refractivity contribution in [3.63, 3.8) is 0 Å². The number of halogens is 1. The molecule has 1 aliphatic heterocycles. The van der Waals surface area contributed by atoms with E-state index in [1.807, 2.05) is 0 Å². The molecule has 1 atom stereocenters. The first kappa shape index (κ1) is 21.2. The number of anilines is 1. The second kappa shape index (κ2) is 8.10. The van der Waals surface area contributed by atoms with Crippen LogP contribution in [0.3, 0.4) is 0 Å². The number of nitrogens with two attached hydrogens (primary N) is 1. The maximum Gasteiger partial charge on any atom is 0.238 e. The van der Waals surface area contributed by atoms with Gasteiger partial charge < -0.3 is 10.8 Å². The smallest absolute Gasteiger partial charge is 0.238 e. The van der Waals surface area contributed by atoms with E-state index >= 15 is 0 Å². The van der Waals surface area contributed by atoms with Gasteiger partial charge in [-0.2, -0.15) is 4.31 Å². The topological polar surface area (TPSA) is 127 Å². The van der Waals surface area contributed by atoms with Crippen molar-refractivity contribution in [1.29, 1.82) is 0 Å². The molecule has 2 aliphatic rings. The van der Waals surface area contributed by atoms with Gasteiger partial charge in [0.25, 0.3) is 0 Å². The molecule has 1 aliphatic carbocycles. The van der Waals surface area contributed by atoms with E-state index in [4.69, 9.17) is 22.4 Å². The number of aliphatic hydroxyl groups excluding tert-OH is 1. The fraction of sp³-hybridized carbons (Fsp3) is 0.706. The summed E-state index contributed by atoms with van der Waals surface area (Å²) in [5.74, 6) is 1.18. The number of imidazole rings is 1. The summed E-state index contributed by atoms with van der Waals surface area (Å²) in [6.07, 6.45) is 8.37. The molecular weight excluding hydrogens is 404 g/mol. The van der Waals surface area contributed by atoms with Gasteiger partial charge in [-0.1, -0.05) is 24.9 Å². The number of β-amino-alcohol motifs (C(OH)–C–C–N with tert-alkyl or cyclic N) is 1. The van der Waals surface area contributed by atoms with E-state index in [0.29, 0.717) is 18.1 Å². The highest BCUT2D eigenvalue weighted by Gasteiger charge is 2.41. The van der Waals surface area contributed by atoms with Gasteiger partial charge in [-0.15, -0.1) is 5.10 Å². The molecule has 11 heteroatoms. The molecule has 1 saturated carbocycles. The van der Waals surface area contributed by atoms with E-state index in [2.05, 4.69) is 22.0 Å². The van der Waals surface area contributed by atoms with Gasteiger partial charge in [-0.25, -0.2) is 22.9 Å². The molecule has 9 nitrogen and oxygen atoms in total. The summed E-state index contributed by atoms with van der Waals surface area (Å²) in [5, 5.41) is 13.8. The summed E-state index contributed by atoms with van der Waals surface area (Å²) >= 11 is 6.12. The zero-order valence-corrected chi connectivity index (χ0v) is 17.7. The SMILES string of the molecule is CCC1(c2nc(Cl)c3cnc(N)nn23)CCC1.CS(=O)(=O)N1CCCC(O)C1. The van der Waals surface area contributed by atoms with Crippen molar-refractivity contribution < 1.29 is 13.5 Å². The summed E-state index contributed by atoms with van der Waals surface area (Å²) in [4.78, 5) is 8.42. The molecule has 3 N–H and O–H groups in total. The van der Waals surface area contributed by atoms with Gasteiger partial charge in [-0.3, -0.25) is 0 Å². The van der Waals surface area contributed by atoms with E-state index in [0.717, 1.165) is 37.0 Å². The third-order valence-corrected chi connectivity index (χ3v) is 7.20. The van der Waals surface area contributed by atoms with Crippen LogP contribution in [0.25, 0.3) is 5.52 Å². The zero-order valence-electron chi connectivity index (χ0n) is 16.2. The molecule has 0 spiro atoms. The monoisotopic (exact) mass is 430 g/mol. The van der Waals surface area contributed by atoms with Crippen molar-refractivity contribution in [2.75, 3.05) is 25.1 Å². The van der Waals surface area contributed by atoms with Gasteiger partial charge in [0.1, 0.15) is 11.3 Å². The Morgan fingerprint density at radius 1 is 1.39 bits per heavy atom. The number of nitrogen functional groups attached to an aromatic ring is 1. The largest absolute Gasteiger partial charge is 0.392 e. The quantitative estimate of drug-likeness (QED) is 0.756. The number of aliphatic hydroxyl groups is 1. The Morgan fingerprint density at radius 2 is 2.11 bits per heavy atom. The molecule has 0 radical (unpaired) electrons. The van der Waals surface area contributed by atoms with Crippen LogP contribution < -0.4 is 5.73 Å². The first-order chi connectivity index (χ1) is 13.2. The Labute approximate surface area is 170 Å². The van der Waals surface area contributed by atoms with Gasteiger partial charge >= 0.3 is 0 Å². The van der Waals surface area contributed by atoms with Gasteiger partial charge in [0, 0.05) is 18.5 Å². The molecule has 2 aromatic rings. The first-order valence-electron chi connectivity index (χ1n) is 9.47. The van der Waals surface area contributed by atoms with Crippen LogP contribution in [-0.4, -0.2) is 62.9 Å².